The lowest BCUT2D eigenvalue weighted by atomic mass is 9.79. The van der Waals surface area contributed by atoms with E-state index in [1.807, 2.05) is 52.0 Å². The summed E-state index contributed by atoms with van der Waals surface area (Å²) >= 11 is 0. The first-order valence-electron chi connectivity index (χ1n) is 8.07. The number of nitrogens with zero attached hydrogens (tertiary/aromatic N) is 1. The van der Waals surface area contributed by atoms with Crippen molar-refractivity contribution in [2.24, 2.45) is 0 Å². The third-order valence-corrected chi connectivity index (χ3v) is 5.06. The van der Waals surface area contributed by atoms with Gasteiger partial charge in [0.2, 0.25) is 0 Å². The van der Waals surface area contributed by atoms with E-state index in [1.165, 1.54) is 0 Å². The first kappa shape index (κ1) is 16.3. The molecule has 0 saturated carbocycles. The molecule has 2 saturated heterocycles. The summed E-state index contributed by atoms with van der Waals surface area (Å²) in [6.45, 7) is 8.88. The van der Waals surface area contributed by atoms with Crippen molar-refractivity contribution < 1.29 is 18.8 Å². The average Bonchev–Trinajstić information content (AvgIpc) is 2.89. The Labute approximate surface area is 138 Å². The Balaban J connectivity index is 1.68. The fourth-order valence-electron chi connectivity index (χ4n) is 2.75. The van der Waals surface area contributed by atoms with E-state index in [-0.39, 0.29) is 30.3 Å². The minimum Gasteiger partial charge on any atom is -0.481 e. The zero-order valence-electron chi connectivity index (χ0n) is 14.5. The Morgan fingerprint density at radius 3 is 2.17 bits per heavy atom. The van der Waals surface area contributed by atoms with Crippen molar-refractivity contribution in [3.05, 3.63) is 24.3 Å². The van der Waals surface area contributed by atoms with Crippen molar-refractivity contribution in [3.63, 3.8) is 0 Å². The standard InChI is InChI=1S/C17H24BNO4/c1-16(2)17(3,4)23-18(22-16)12-6-8-13(9-7-12)21-14-10-11-19(5)15(14)20/h6-9,14H,10-11H2,1-5H3. The molecule has 0 spiro atoms. The molecule has 1 unspecified atom stereocenters. The van der Waals surface area contributed by atoms with E-state index >= 15 is 0 Å². The molecule has 2 aliphatic heterocycles. The van der Waals surface area contributed by atoms with Gasteiger partial charge in [-0.05, 0) is 45.3 Å². The van der Waals surface area contributed by atoms with Gasteiger partial charge in [-0.3, -0.25) is 4.79 Å². The summed E-state index contributed by atoms with van der Waals surface area (Å²) in [6.07, 6.45) is 0.358. The lowest BCUT2D eigenvalue weighted by Crippen LogP contribution is -2.41. The summed E-state index contributed by atoms with van der Waals surface area (Å²) in [5.74, 6) is 0.735. The number of hydrogen-bond donors (Lipinski definition) is 0. The molecule has 0 aliphatic carbocycles. The number of likely N-dealkylation sites (tertiary alicyclic amines) is 1. The number of hydrogen-bond acceptors (Lipinski definition) is 4. The van der Waals surface area contributed by atoms with Crippen molar-refractivity contribution >= 4 is 18.5 Å². The maximum atomic E-state index is 11.9. The molecular formula is C17H24BNO4. The van der Waals surface area contributed by atoms with Crippen molar-refractivity contribution in [2.45, 2.75) is 51.4 Å². The maximum absolute atomic E-state index is 11.9. The summed E-state index contributed by atoms with van der Waals surface area (Å²) < 4.78 is 17.8. The van der Waals surface area contributed by atoms with Crippen LogP contribution in [0.25, 0.3) is 0 Å². The van der Waals surface area contributed by atoms with Crippen LogP contribution in [-0.4, -0.2) is 48.8 Å². The van der Waals surface area contributed by atoms with Gasteiger partial charge in [0.1, 0.15) is 5.75 Å². The van der Waals surface area contributed by atoms with Gasteiger partial charge in [-0.15, -0.1) is 0 Å². The summed E-state index contributed by atoms with van der Waals surface area (Å²) in [7, 11) is 1.42. The Kier molecular flexibility index (Phi) is 3.93. The smallest absolute Gasteiger partial charge is 0.481 e. The van der Waals surface area contributed by atoms with Crippen molar-refractivity contribution in [2.75, 3.05) is 13.6 Å². The predicted octanol–water partition coefficient (Wildman–Crippen LogP) is 1.60. The molecular weight excluding hydrogens is 293 g/mol. The lowest BCUT2D eigenvalue weighted by molar-refractivity contribution is -0.132. The van der Waals surface area contributed by atoms with Crippen LogP contribution in [0.5, 0.6) is 5.75 Å². The normalized spacial score (nSPS) is 26.0. The zero-order chi connectivity index (χ0) is 16.8. The van der Waals surface area contributed by atoms with E-state index in [1.54, 1.807) is 11.9 Å². The molecule has 5 nitrogen and oxygen atoms in total. The monoisotopic (exact) mass is 317 g/mol. The van der Waals surface area contributed by atoms with E-state index in [0.29, 0.717) is 5.75 Å². The van der Waals surface area contributed by atoms with Crippen LogP contribution in [0.4, 0.5) is 0 Å². The molecule has 6 heteroatoms. The van der Waals surface area contributed by atoms with E-state index in [0.717, 1.165) is 18.4 Å². The minimum absolute atomic E-state index is 0.0417. The van der Waals surface area contributed by atoms with Crippen LogP contribution < -0.4 is 10.2 Å². The Bertz CT molecular complexity index is 583. The van der Waals surface area contributed by atoms with E-state index < -0.39 is 0 Å². The summed E-state index contributed by atoms with van der Waals surface area (Å²) in [5, 5.41) is 0. The van der Waals surface area contributed by atoms with Gasteiger partial charge in [-0.2, -0.15) is 0 Å². The highest BCUT2D eigenvalue weighted by atomic mass is 16.7. The van der Waals surface area contributed by atoms with Gasteiger partial charge in [0.25, 0.3) is 5.91 Å². The molecule has 0 radical (unpaired) electrons. The van der Waals surface area contributed by atoms with Crippen molar-refractivity contribution in [1.29, 1.82) is 0 Å². The number of rotatable bonds is 3. The quantitative estimate of drug-likeness (QED) is 0.795. The highest BCUT2D eigenvalue weighted by Gasteiger charge is 2.51. The number of likely N-dealkylation sites (N-methyl/N-ethyl adjacent to an activating group) is 1. The van der Waals surface area contributed by atoms with Gasteiger partial charge in [-0.1, -0.05) is 12.1 Å². The fraction of sp³-hybridized carbons (Fsp3) is 0.588. The largest absolute Gasteiger partial charge is 0.494 e. The maximum Gasteiger partial charge on any atom is 0.494 e. The van der Waals surface area contributed by atoms with Gasteiger partial charge >= 0.3 is 7.12 Å². The molecule has 1 amide bonds. The summed E-state index contributed by atoms with van der Waals surface area (Å²) in [5.41, 5.74) is 0.243. The van der Waals surface area contributed by atoms with Crippen LogP contribution in [0.3, 0.4) is 0 Å². The van der Waals surface area contributed by atoms with Gasteiger partial charge in [-0.25, -0.2) is 0 Å². The van der Waals surface area contributed by atoms with Crippen molar-refractivity contribution in [1.82, 2.24) is 4.90 Å². The number of carbonyl (C=O) groups excluding carboxylic acids is 1. The molecule has 1 aromatic rings. The van der Waals surface area contributed by atoms with Crippen LogP contribution in [0.1, 0.15) is 34.1 Å². The summed E-state index contributed by atoms with van der Waals surface area (Å²) in [6, 6.07) is 7.60. The van der Waals surface area contributed by atoms with Gasteiger partial charge < -0.3 is 18.9 Å². The van der Waals surface area contributed by atoms with Gasteiger partial charge in [0, 0.05) is 20.0 Å². The number of ether oxygens (including phenoxy) is 1. The molecule has 124 valence electrons. The molecule has 2 fully saturated rings. The number of carbonyl (C=O) groups is 1. The van der Waals surface area contributed by atoms with Crippen LogP contribution in [0, 0.1) is 0 Å². The van der Waals surface area contributed by atoms with Crippen LogP contribution in [-0.2, 0) is 14.1 Å². The Morgan fingerprint density at radius 1 is 1.13 bits per heavy atom. The second-order valence-electron chi connectivity index (χ2n) is 7.31. The highest BCUT2D eigenvalue weighted by molar-refractivity contribution is 6.62. The molecule has 0 bridgehead atoms. The SMILES string of the molecule is CN1CCC(Oc2ccc(B3OC(C)(C)C(C)(C)O3)cc2)C1=O. The summed E-state index contributed by atoms with van der Waals surface area (Å²) in [4.78, 5) is 13.6. The number of amides is 1. The number of benzene rings is 1. The lowest BCUT2D eigenvalue weighted by Gasteiger charge is -2.32. The predicted molar refractivity (Wildman–Crippen MR) is 88.8 cm³/mol. The molecule has 2 heterocycles. The minimum atomic E-state index is -0.381. The van der Waals surface area contributed by atoms with E-state index in [4.69, 9.17) is 14.0 Å². The third-order valence-electron chi connectivity index (χ3n) is 5.06. The Morgan fingerprint density at radius 2 is 1.70 bits per heavy atom. The Hall–Kier alpha value is -1.53. The molecule has 3 rings (SSSR count). The second kappa shape index (κ2) is 5.53. The molecule has 0 N–H and O–H groups in total. The van der Waals surface area contributed by atoms with Crippen molar-refractivity contribution in [3.8, 4) is 5.75 Å². The van der Waals surface area contributed by atoms with Gasteiger partial charge in [0.05, 0.1) is 11.2 Å². The van der Waals surface area contributed by atoms with Crippen LogP contribution in [0.15, 0.2) is 24.3 Å². The molecule has 2 aliphatic rings. The van der Waals surface area contributed by atoms with E-state index in [9.17, 15) is 4.79 Å². The van der Waals surface area contributed by atoms with Gasteiger partial charge in [0.15, 0.2) is 6.10 Å². The fourth-order valence-corrected chi connectivity index (χ4v) is 2.75. The van der Waals surface area contributed by atoms with Crippen LogP contribution in [0.2, 0.25) is 0 Å². The molecule has 23 heavy (non-hydrogen) atoms. The molecule has 1 atom stereocenters. The zero-order valence-corrected chi connectivity index (χ0v) is 14.5. The highest BCUT2D eigenvalue weighted by Crippen LogP contribution is 2.36. The molecule has 0 aromatic heterocycles. The van der Waals surface area contributed by atoms with Crippen LogP contribution >= 0.6 is 0 Å². The second-order valence-corrected chi connectivity index (χ2v) is 7.31. The average molecular weight is 317 g/mol. The first-order chi connectivity index (χ1) is 10.7. The first-order valence-corrected chi connectivity index (χ1v) is 8.07. The topological polar surface area (TPSA) is 48.0 Å². The molecule has 1 aromatic carbocycles. The van der Waals surface area contributed by atoms with E-state index in [2.05, 4.69) is 0 Å². The third kappa shape index (κ3) is 2.97.